The van der Waals surface area contributed by atoms with Gasteiger partial charge < -0.3 is 14.2 Å². The van der Waals surface area contributed by atoms with Gasteiger partial charge in [0.05, 0.1) is 19.3 Å². The molecule has 0 heterocycles. The quantitative estimate of drug-likeness (QED) is 0.0774. The van der Waals surface area contributed by atoms with Gasteiger partial charge in [-0.3, -0.25) is 4.79 Å². The molecule has 3 aromatic rings. The van der Waals surface area contributed by atoms with Crippen LogP contribution >= 0.6 is 0 Å². The molecular weight excluding hydrogens is 452 g/mol. The Morgan fingerprint density at radius 1 is 0.694 bits per heavy atom. The molecule has 0 aliphatic heterocycles. The lowest BCUT2D eigenvalue weighted by Crippen LogP contribution is -2.08. The second-order valence-electron chi connectivity index (χ2n) is 8.53. The molecule has 5 heteroatoms. The minimum atomic E-state index is -0.476. The predicted molar refractivity (Wildman–Crippen MR) is 143 cm³/mol. The monoisotopic (exact) mass is 486 g/mol. The predicted octanol–water partition coefficient (Wildman–Crippen LogP) is 7.55. The van der Waals surface area contributed by atoms with Crippen LogP contribution in [0, 0.1) is 0 Å². The van der Waals surface area contributed by atoms with Gasteiger partial charge in [-0.1, -0.05) is 57.2 Å². The summed E-state index contributed by atoms with van der Waals surface area (Å²) < 4.78 is 16.3. The van der Waals surface area contributed by atoms with E-state index in [0.29, 0.717) is 22.6 Å². The lowest BCUT2D eigenvalue weighted by atomic mass is 10.1. The Balaban J connectivity index is 1.45. The normalized spacial score (nSPS) is 10.8. The van der Waals surface area contributed by atoms with Crippen molar-refractivity contribution in [1.82, 2.24) is 0 Å². The van der Waals surface area contributed by atoms with E-state index in [2.05, 4.69) is 6.92 Å². The summed E-state index contributed by atoms with van der Waals surface area (Å²) in [6, 6.07) is 20.9. The zero-order valence-corrected chi connectivity index (χ0v) is 21.1. The molecule has 0 aliphatic rings. The Kier molecular flexibility index (Phi) is 10.8. The van der Waals surface area contributed by atoms with Crippen molar-refractivity contribution in [3.63, 3.8) is 0 Å². The van der Waals surface area contributed by atoms with Crippen LogP contribution in [0.5, 0.6) is 17.2 Å². The van der Waals surface area contributed by atoms with Gasteiger partial charge in [-0.05, 0) is 78.7 Å². The first-order valence-corrected chi connectivity index (χ1v) is 12.5. The molecule has 36 heavy (non-hydrogen) atoms. The van der Waals surface area contributed by atoms with Crippen molar-refractivity contribution in [3.8, 4) is 17.2 Å². The second-order valence-corrected chi connectivity index (χ2v) is 8.53. The Hall–Kier alpha value is -3.86. The van der Waals surface area contributed by atoms with Crippen LogP contribution in [0.15, 0.2) is 78.9 Å². The maximum Gasteiger partial charge on any atom is 0.343 e. The zero-order valence-electron chi connectivity index (χ0n) is 21.1. The van der Waals surface area contributed by atoms with E-state index in [1.54, 1.807) is 61.7 Å². The summed E-state index contributed by atoms with van der Waals surface area (Å²) in [6.07, 6.45) is 10.7. The number of rotatable bonds is 14. The number of benzene rings is 3. The zero-order chi connectivity index (χ0) is 25.6. The summed E-state index contributed by atoms with van der Waals surface area (Å²) >= 11 is 0. The van der Waals surface area contributed by atoms with Gasteiger partial charge in [-0.25, -0.2) is 4.79 Å². The SMILES string of the molecule is CCCCCCCCOc1ccc(/C=C/C(=O)c2ccc(OC(=O)c3ccc(OC)cc3)cc2)cc1. The van der Waals surface area contributed by atoms with E-state index in [9.17, 15) is 9.59 Å². The van der Waals surface area contributed by atoms with Crippen LogP contribution in [-0.4, -0.2) is 25.5 Å². The molecular formula is C31H34O5. The second kappa shape index (κ2) is 14.5. The van der Waals surface area contributed by atoms with Gasteiger partial charge in [-0.15, -0.1) is 0 Å². The van der Waals surface area contributed by atoms with Gasteiger partial charge >= 0.3 is 5.97 Å². The first-order valence-electron chi connectivity index (χ1n) is 12.5. The van der Waals surface area contributed by atoms with Crippen LogP contribution in [-0.2, 0) is 0 Å². The third-order valence-corrected chi connectivity index (χ3v) is 5.75. The molecule has 0 saturated carbocycles. The van der Waals surface area contributed by atoms with Crippen molar-refractivity contribution < 1.29 is 23.8 Å². The largest absolute Gasteiger partial charge is 0.497 e. The first-order chi connectivity index (χ1) is 17.6. The van der Waals surface area contributed by atoms with Crippen molar-refractivity contribution >= 4 is 17.8 Å². The average Bonchev–Trinajstić information content (AvgIpc) is 2.92. The minimum Gasteiger partial charge on any atom is -0.497 e. The van der Waals surface area contributed by atoms with E-state index in [-0.39, 0.29) is 5.78 Å². The number of ketones is 1. The highest BCUT2D eigenvalue weighted by atomic mass is 16.5. The lowest BCUT2D eigenvalue weighted by molar-refractivity contribution is 0.0734. The Labute approximate surface area is 213 Å². The fourth-order valence-corrected chi connectivity index (χ4v) is 3.60. The number of unbranched alkanes of at least 4 members (excludes halogenated alkanes) is 5. The van der Waals surface area contributed by atoms with Gasteiger partial charge in [0.1, 0.15) is 17.2 Å². The lowest BCUT2D eigenvalue weighted by Gasteiger charge is -2.06. The number of ether oxygens (including phenoxy) is 3. The summed E-state index contributed by atoms with van der Waals surface area (Å²) in [5, 5.41) is 0. The summed E-state index contributed by atoms with van der Waals surface area (Å²) in [7, 11) is 1.56. The van der Waals surface area contributed by atoms with Crippen LogP contribution in [0.4, 0.5) is 0 Å². The molecule has 0 amide bonds. The fourth-order valence-electron chi connectivity index (χ4n) is 3.60. The highest BCUT2D eigenvalue weighted by Gasteiger charge is 2.10. The Morgan fingerprint density at radius 2 is 1.28 bits per heavy atom. The van der Waals surface area contributed by atoms with Gasteiger partial charge in [-0.2, -0.15) is 0 Å². The maximum absolute atomic E-state index is 12.5. The highest BCUT2D eigenvalue weighted by molar-refractivity contribution is 6.06. The van der Waals surface area contributed by atoms with Gasteiger partial charge in [0, 0.05) is 5.56 Å². The van der Waals surface area contributed by atoms with E-state index in [1.165, 1.54) is 38.2 Å². The molecule has 0 aliphatic carbocycles. The molecule has 5 nitrogen and oxygen atoms in total. The van der Waals surface area contributed by atoms with Crippen LogP contribution < -0.4 is 14.2 Å². The summed E-state index contributed by atoms with van der Waals surface area (Å²) in [5.41, 5.74) is 1.84. The Bertz CT molecular complexity index is 1110. The summed E-state index contributed by atoms with van der Waals surface area (Å²) in [6.45, 7) is 2.95. The average molecular weight is 487 g/mol. The number of methoxy groups -OCH3 is 1. The van der Waals surface area contributed by atoms with Crippen molar-refractivity contribution in [1.29, 1.82) is 0 Å². The van der Waals surface area contributed by atoms with Gasteiger partial charge in [0.2, 0.25) is 0 Å². The molecule has 0 N–H and O–H groups in total. The standard InChI is InChI=1S/C31H34O5/c1-3-4-5-6-7-8-23-35-28-16-9-24(10-17-28)11-22-30(32)25-12-20-29(21-13-25)36-31(33)26-14-18-27(34-2)19-15-26/h9-22H,3-8,23H2,1-2H3/b22-11+. The van der Waals surface area contributed by atoms with E-state index in [4.69, 9.17) is 14.2 Å². The molecule has 0 fully saturated rings. The van der Waals surface area contributed by atoms with Gasteiger partial charge in [0.25, 0.3) is 0 Å². The van der Waals surface area contributed by atoms with Crippen LogP contribution in [0.3, 0.4) is 0 Å². The number of allylic oxidation sites excluding steroid dienone is 1. The van der Waals surface area contributed by atoms with E-state index in [0.717, 1.165) is 24.3 Å². The third-order valence-electron chi connectivity index (χ3n) is 5.75. The minimum absolute atomic E-state index is 0.133. The maximum atomic E-state index is 12.5. The number of hydrogen-bond acceptors (Lipinski definition) is 5. The number of hydrogen-bond donors (Lipinski definition) is 0. The van der Waals surface area contributed by atoms with Crippen LogP contribution in [0.1, 0.15) is 71.7 Å². The third kappa shape index (κ3) is 8.73. The van der Waals surface area contributed by atoms with E-state index < -0.39 is 5.97 Å². The summed E-state index contributed by atoms with van der Waals surface area (Å²) in [5.74, 6) is 1.26. The molecule has 0 saturated heterocycles. The first kappa shape index (κ1) is 26.7. The highest BCUT2D eigenvalue weighted by Crippen LogP contribution is 2.18. The van der Waals surface area contributed by atoms with Crippen molar-refractivity contribution in [2.24, 2.45) is 0 Å². The Morgan fingerprint density at radius 3 is 1.94 bits per heavy atom. The van der Waals surface area contributed by atoms with E-state index >= 15 is 0 Å². The molecule has 0 unspecified atom stereocenters. The molecule has 3 rings (SSSR count). The van der Waals surface area contributed by atoms with Gasteiger partial charge in [0.15, 0.2) is 5.78 Å². The number of carbonyl (C=O) groups excluding carboxylic acids is 2. The summed E-state index contributed by atoms with van der Waals surface area (Å²) in [4.78, 5) is 24.8. The molecule has 0 atom stereocenters. The van der Waals surface area contributed by atoms with E-state index in [1.807, 2.05) is 24.3 Å². The smallest absolute Gasteiger partial charge is 0.343 e. The van der Waals surface area contributed by atoms with Crippen molar-refractivity contribution in [2.45, 2.75) is 45.4 Å². The fraction of sp³-hybridized carbons (Fsp3) is 0.290. The van der Waals surface area contributed by atoms with Crippen LogP contribution in [0.25, 0.3) is 6.08 Å². The molecule has 0 aromatic heterocycles. The number of carbonyl (C=O) groups is 2. The molecule has 188 valence electrons. The topological polar surface area (TPSA) is 61.8 Å². The van der Waals surface area contributed by atoms with Crippen LogP contribution in [0.2, 0.25) is 0 Å². The number of esters is 1. The molecule has 0 bridgehead atoms. The molecule has 0 spiro atoms. The molecule has 0 radical (unpaired) electrons. The van der Waals surface area contributed by atoms with Crippen molar-refractivity contribution in [3.05, 3.63) is 95.6 Å². The van der Waals surface area contributed by atoms with Crippen molar-refractivity contribution in [2.75, 3.05) is 13.7 Å². The molecule has 3 aromatic carbocycles.